The maximum absolute atomic E-state index is 4.75. The summed E-state index contributed by atoms with van der Waals surface area (Å²) in [6, 6.07) is 35.7. The van der Waals surface area contributed by atoms with Crippen LogP contribution >= 0.6 is 0 Å². The minimum absolute atomic E-state index is 0.0413. The Hall–Kier alpha value is -4.88. The van der Waals surface area contributed by atoms with Crippen molar-refractivity contribution in [2.24, 2.45) is 0 Å². The van der Waals surface area contributed by atoms with E-state index in [1.807, 2.05) is 0 Å². The summed E-state index contributed by atoms with van der Waals surface area (Å²) in [4.78, 5) is 2.39. The molecule has 0 amide bonds. The van der Waals surface area contributed by atoms with Crippen molar-refractivity contribution < 1.29 is 0 Å². The summed E-state index contributed by atoms with van der Waals surface area (Å²) in [5, 5.41) is 0. The topological polar surface area (TPSA) is 3.24 Å². The predicted molar refractivity (Wildman–Crippen MR) is 222 cm³/mol. The molecule has 0 radical (unpaired) electrons. The fourth-order valence-electron chi connectivity index (χ4n) is 8.47. The van der Waals surface area contributed by atoms with Crippen LogP contribution in [0, 0.1) is 0 Å². The summed E-state index contributed by atoms with van der Waals surface area (Å²) >= 11 is 0. The largest absolute Gasteiger partial charge is 0.311 e. The van der Waals surface area contributed by atoms with Crippen LogP contribution in [0.1, 0.15) is 96.4 Å². The molecule has 2 aliphatic rings. The van der Waals surface area contributed by atoms with E-state index in [-0.39, 0.29) is 16.2 Å². The Bertz CT molecular complexity index is 2020. The van der Waals surface area contributed by atoms with Crippen LogP contribution in [0.15, 0.2) is 169 Å². The van der Waals surface area contributed by atoms with Crippen LogP contribution in [0.2, 0.25) is 0 Å². The maximum Gasteiger partial charge on any atom is 0.0501 e. The number of nitrogens with zero attached hydrogens (tertiary/aromatic N) is 1. The van der Waals surface area contributed by atoms with Gasteiger partial charge in [-0.25, -0.2) is 0 Å². The first kappa shape index (κ1) is 35.9. The van der Waals surface area contributed by atoms with Crippen molar-refractivity contribution in [2.45, 2.75) is 90.4 Å². The van der Waals surface area contributed by atoms with Crippen molar-refractivity contribution in [3.63, 3.8) is 0 Å². The van der Waals surface area contributed by atoms with E-state index in [0.29, 0.717) is 0 Å². The summed E-state index contributed by atoms with van der Waals surface area (Å²) in [5.41, 5.74) is 13.9. The van der Waals surface area contributed by atoms with Crippen molar-refractivity contribution in [2.75, 3.05) is 4.90 Å². The lowest BCUT2D eigenvalue weighted by atomic mass is 9.69. The van der Waals surface area contributed by atoms with E-state index in [2.05, 4.69) is 199 Å². The molecule has 0 heterocycles. The smallest absolute Gasteiger partial charge is 0.0501 e. The third-order valence-corrected chi connectivity index (χ3v) is 10.7. The molecular formula is C50H55N. The van der Waals surface area contributed by atoms with E-state index in [9.17, 15) is 0 Å². The molecule has 1 atom stereocenters. The van der Waals surface area contributed by atoms with Crippen molar-refractivity contribution in [1.29, 1.82) is 0 Å². The summed E-state index contributed by atoms with van der Waals surface area (Å²) in [7, 11) is 0. The van der Waals surface area contributed by atoms with Crippen molar-refractivity contribution >= 4 is 11.4 Å². The monoisotopic (exact) mass is 669 g/mol. The van der Waals surface area contributed by atoms with Gasteiger partial charge in [0.15, 0.2) is 0 Å². The highest BCUT2D eigenvalue weighted by atomic mass is 15.1. The molecule has 1 heteroatoms. The second-order valence-electron chi connectivity index (χ2n) is 16.1. The fourth-order valence-corrected chi connectivity index (χ4v) is 8.47. The molecule has 0 aromatic heterocycles. The first-order valence-corrected chi connectivity index (χ1v) is 18.7. The average molecular weight is 670 g/mol. The Balaban J connectivity index is 1.46. The number of hydrogen-bond donors (Lipinski definition) is 0. The quantitative estimate of drug-likeness (QED) is 0.152. The van der Waals surface area contributed by atoms with Crippen molar-refractivity contribution in [3.8, 4) is 11.1 Å². The number of hydrogen-bond acceptors (Lipinski definition) is 1. The lowest BCUT2D eigenvalue weighted by molar-refractivity contribution is 0.417. The Kier molecular flexibility index (Phi) is 10.4. The molecule has 0 aliphatic heterocycles. The lowest BCUT2D eigenvalue weighted by Gasteiger charge is -2.34. The van der Waals surface area contributed by atoms with Gasteiger partial charge in [0.05, 0.1) is 5.69 Å². The molecule has 2 aliphatic carbocycles. The molecule has 6 rings (SSSR count). The highest BCUT2D eigenvalue weighted by Crippen LogP contribution is 2.57. The molecule has 4 aromatic carbocycles. The molecule has 1 nitrogen and oxygen atoms in total. The zero-order valence-electron chi connectivity index (χ0n) is 31.8. The Morgan fingerprint density at radius 3 is 2.22 bits per heavy atom. The van der Waals surface area contributed by atoms with Crippen LogP contribution in [0.4, 0.5) is 11.4 Å². The number of anilines is 2. The fraction of sp³-hybridized carbons (Fsp3) is 0.280. The van der Waals surface area contributed by atoms with E-state index in [0.717, 1.165) is 37.1 Å². The van der Waals surface area contributed by atoms with Crippen LogP contribution in [-0.4, -0.2) is 0 Å². The summed E-state index contributed by atoms with van der Waals surface area (Å²) in [6.07, 6.45) is 21.8. The normalized spacial score (nSPS) is 18.4. The summed E-state index contributed by atoms with van der Waals surface area (Å²) in [5.74, 6) is 0. The molecule has 0 saturated heterocycles. The number of fused-ring (bicyclic) bond motifs is 1. The van der Waals surface area contributed by atoms with E-state index < -0.39 is 0 Å². The van der Waals surface area contributed by atoms with Gasteiger partial charge in [0.25, 0.3) is 0 Å². The lowest BCUT2D eigenvalue weighted by Crippen LogP contribution is -2.28. The second-order valence-corrected chi connectivity index (χ2v) is 16.1. The van der Waals surface area contributed by atoms with Gasteiger partial charge in [0.1, 0.15) is 0 Å². The van der Waals surface area contributed by atoms with Crippen LogP contribution in [0.5, 0.6) is 0 Å². The summed E-state index contributed by atoms with van der Waals surface area (Å²) < 4.78 is 0. The summed E-state index contributed by atoms with van der Waals surface area (Å²) in [6.45, 7) is 21.3. The Morgan fingerprint density at radius 2 is 1.49 bits per heavy atom. The molecule has 0 saturated carbocycles. The van der Waals surface area contributed by atoms with E-state index in [1.165, 1.54) is 50.2 Å². The van der Waals surface area contributed by atoms with Crippen LogP contribution in [0.25, 0.3) is 11.1 Å². The number of rotatable bonds is 10. The van der Waals surface area contributed by atoms with Gasteiger partial charge in [-0.3, -0.25) is 0 Å². The minimum atomic E-state index is -0.132. The molecular weight excluding hydrogens is 615 g/mol. The van der Waals surface area contributed by atoms with Gasteiger partial charge in [0.2, 0.25) is 0 Å². The average Bonchev–Trinajstić information content (AvgIpc) is 3.27. The highest BCUT2D eigenvalue weighted by molar-refractivity contribution is 5.78. The second kappa shape index (κ2) is 14.8. The maximum atomic E-state index is 4.75. The van der Waals surface area contributed by atoms with Gasteiger partial charge in [-0.15, -0.1) is 0 Å². The van der Waals surface area contributed by atoms with Crippen LogP contribution in [-0.2, 0) is 16.2 Å². The zero-order valence-corrected chi connectivity index (χ0v) is 31.8. The first-order chi connectivity index (χ1) is 24.4. The molecule has 0 bridgehead atoms. The van der Waals surface area contributed by atoms with Crippen LogP contribution < -0.4 is 4.90 Å². The minimum Gasteiger partial charge on any atom is -0.311 e. The van der Waals surface area contributed by atoms with Gasteiger partial charge in [-0.1, -0.05) is 176 Å². The van der Waals surface area contributed by atoms with Gasteiger partial charge in [-0.05, 0) is 105 Å². The third-order valence-electron chi connectivity index (χ3n) is 10.7. The first-order valence-electron chi connectivity index (χ1n) is 18.7. The van der Waals surface area contributed by atoms with Gasteiger partial charge >= 0.3 is 0 Å². The number of allylic oxidation sites excluding steroid dienone is 10. The SMILES string of the molecule is C=C(/C=C\C/C(=C\CC)C1=CC=CCC=C1)N(c1ccc(-c2ccccc2)cc1)c1cccc2c1C(C)(C)CC2(C)c1ccccc1C(C)(C)C. The molecule has 0 fully saturated rings. The van der Waals surface area contributed by atoms with Gasteiger partial charge in [-0.2, -0.15) is 0 Å². The van der Waals surface area contributed by atoms with Crippen molar-refractivity contribution in [3.05, 3.63) is 191 Å². The van der Waals surface area contributed by atoms with E-state index in [1.54, 1.807) is 0 Å². The predicted octanol–water partition coefficient (Wildman–Crippen LogP) is 14.0. The molecule has 51 heavy (non-hydrogen) atoms. The zero-order chi connectivity index (χ0) is 36.2. The molecule has 4 aromatic rings. The van der Waals surface area contributed by atoms with Crippen molar-refractivity contribution in [1.82, 2.24) is 0 Å². The highest BCUT2D eigenvalue weighted by Gasteiger charge is 2.49. The molecule has 0 N–H and O–H groups in total. The molecule has 260 valence electrons. The molecule has 1 unspecified atom stereocenters. The Morgan fingerprint density at radius 1 is 0.804 bits per heavy atom. The van der Waals surface area contributed by atoms with Crippen LogP contribution in [0.3, 0.4) is 0 Å². The molecule has 0 spiro atoms. The van der Waals surface area contributed by atoms with E-state index >= 15 is 0 Å². The van der Waals surface area contributed by atoms with Gasteiger partial charge < -0.3 is 4.90 Å². The third kappa shape index (κ3) is 7.45. The van der Waals surface area contributed by atoms with E-state index in [4.69, 9.17) is 6.58 Å². The Labute approximate surface area is 308 Å². The number of benzene rings is 4. The standard InChI is InChI=1S/C50H55N/c1-9-21-38(39-23-13-10-11-14-24-39)27-19-22-37(2)51(42-34-32-41(33-35-42)40-25-15-12-16-26-40)46-31-20-30-45-47(46)49(6,7)36-50(45,8)44-29-18-17-28-43(44)48(3,4)5/h10,12-26,28-35H,2,9,11,27,36H2,1,3-8H3/b22-19-,38-21+. The van der Waals surface area contributed by atoms with Gasteiger partial charge in [0, 0.05) is 16.8 Å².